The van der Waals surface area contributed by atoms with E-state index in [1.807, 2.05) is 17.9 Å². The average molecular weight is 605 g/mol. The molecule has 4 fully saturated rings. The van der Waals surface area contributed by atoms with Gasteiger partial charge in [0.05, 0.1) is 11.9 Å². The minimum absolute atomic E-state index is 0.0214. The van der Waals surface area contributed by atoms with Gasteiger partial charge in [-0.15, -0.1) is 18.3 Å². The van der Waals surface area contributed by atoms with Crippen molar-refractivity contribution < 1.29 is 19.4 Å². The molecular formula is C31H44N2O6S2. The van der Waals surface area contributed by atoms with Gasteiger partial charge >= 0.3 is 5.97 Å². The molecule has 0 amide bonds. The van der Waals surface area contributed by atoms with Crippen LogP contribution in [-0.4, -0.2) is 64.7 Å². The third-order valence-corrected chi connectivity index (χ3v) is 13.7. The van der Waals surface area contributed by atoms with Gasteiger partial charge in [0.2, 0.25) is 0 Å². The number of ketones is 1. The lowest BCUT2D eigenvalue weighted by Gasteiger charge is -2.61. The Kier molecular flexibility index (Phi) is 8.27. The molecule has 3 aliphatic carbocycles. The molecule has 1 saturated heterocycles. The fraction of sp³-hybridized carbons (Fsp3) is 0.742. The summed E-state index contributed by atoms with van der Waals surface area (Å²) in [7, 11) is 0. The lowest BCUT2D eigenvalue weighted by molar-refractivity contribution is -0.205. The third kappa shape index (κ3) is 4.71. The largest absolute Gasteiger partial charge is 0.461 e. The minimum atomic E-state index is -0.695. The lowest BCUT2D eigenvalue weighted by Crippen LogP contribution is -2.63. The van der Waals surface area contributed by atoms with Gasteiger partial charge < -0.3 is 20.5 Å². The van der Waals surface area contributed by atoms with E-state index in [0.717, 1.165) is 30.8 Å². The lowest BCUT2D eigenvalue weighted by atomic mass is 9.44. The molecule has 226 valence electrons. The number of nitrogens with zero attached hydrogens (tertiary/aromatic N) is 1. The summed E-state index contributed by atoms with van der Waals surface area (Å²) in [5, 5.41) is 11.7. The number of hydrogen-bond acceptors (Lipinski definition) is 10. The molecule has 4 aliphatic rings. The van der Waals surface area contributed by atoms with Crippen molar-refractivity contribution in [3.63, 3.8) is 0 Å². The molecule has 1 heterocycles. The Hall–Kier alpha value is -1.78. The molecule has 1 aliphatic heterocycles. The monoisotopic (exact) mass is 604 g/mol. The number of carbonyl (C=O) groups is 2. The van der Waals surface area contributed by atoms with Crippen molar-refractivity contribution in [1.29, 1.82) is 0 Å². The first kappa shape index (κ1) is 30.7. The zero-order valence-corrected chi connectivity index (χ0v) is 26.3. The number of aliphatic hydroxyl groups is 1. The predicted octanol–water partition coefficient (Wildman–Crippen LogP) is 3.43. The van der Waals surface area contributed by atoms with E-state index in [2.05, 4.69) is 27.4 Å². The Morgan fingerprint density at radius 2 is 1.98 bits per heavy atom. The molecule has 0 spiro atoms. The molecule has 8 nitrogen and oxygen atoms in total. The maximum absolute atomic E-state index is 13.6. The molecule has 41 heavy (non-hydrogen) atoms. The highest BCUT2D eigenvalue weighted by Crippen LogP contribution is 2.68. The first-order valence-electron chi connectivity index (χ1n) is 14.9. The smallest absolute Gasteiger partial charge is 0.316 e. The van der Waals surface area contributed by atoms with Gasteiger partial charge in [-0.2, -0.15) is 11.8 Å². The molecule has 3 saturated carbocycles. The van der Waals surface area contributed by atoms with Crippen LogP contribution in [0.25, 0.3) is 0 Å². The highest BCUT2D eigenvalue weighted by atomic mass is 32.2. The number of nitrogens with two attached hydrogens (primary N) is 1. The van der Waals surface area contributed by atoms with Crippen LogP contribution in [0.3, 0.4) is 0 Å². The second kappa shape index (κ2) is 11.1. The van der Waals surface area contributed by atoms with Crippen LogP contribution in [0.1, 0.15) is 59.8 Å². The van der Waals surface area contributed by atoms with Gasteiger partial charge in [0.1, 0.15) is 23.3 Å². The van der Waals surface area contributed by atoms with Crippen molar-refractivity contribution in [2.45, 2.75) is 78.0 Å². The van der Waals surface area contributed by atoms with Crippen LogP contribution in [0, 0.1) is 34.0 Å². The molecule has 1 aromatic carbocycles. The SMILES string of the molecule is C=C[C@]1(C)C[C@@H](OC(=O)CSCC2CSCCN2c2c(N)c(=O)c2=O)[C@]2(C)[C@H](C)CC[C@]3(CCC(=O)[C@H]32)[C@@H](C)[C@@H]1O. The summed E-state index contributed by atoms with van der Waals surface area (Å²) in [6.45, 7) is 13.1. The number of rotatable bonds is 7. The predicted molar refractivity (Wildman–Crippen MR) is 166 cm³/mol. The Labute approximate surface area is 250 Å². The molecule has 0 radical (unpaired) electrons. The Morgan fingerprint density at radius 3 is 2.66 bits per heavy atom. The third-order valence-electron chi connectivity index (χ3n) is 11.5. The number of nitrogen functional groups attached to an aromatic ring is 1. The van der Waals surface area contributed by atoms with Crippen molar-refractivity contribution in [3.05, 3.63) is 33.1 Å². The van der Waals surface area contributed by atoms with Crippen molar-refractivity contribution in [1.82, 2.24) is 0 Å². The van der Waals surface area contributed by atoms with Crippen LogP contribution in [0.2, 0.25) is 0 Å². The van der Waals surface area contributed by atoms with Crippen molar-refractivity contribution in [2.75, 3.05) is 40.2 Å². The van der Waals surface area contributed by atoms with Gasteiger partial charge in [-0.25, -0.2) is 0 Å². The maximum atomic E-state index is 13.6. The Balaban J connectivity index is 1.34. The zero-order valence-electron chi connectivity index (χ0n) is 24.6. The molecule has 3 N–H and O–H groups in total. The zero-order chi connectivity index (χ0) is 29.9. The fourth-order valence-corrected chi connectivity index (χ4v) is 10.9. The summed E-state index contributed by atoms with van der Waals surface area (Å²) in [5.41, 5.74) is 3.55. The second-order valence-electron chi connectivity index (χ2n) is 13.4. The number of aliphatic hydroxyl groups excluding tert-OH is 1. The van der Waals surface area contributed by atoms with Crippen molar-refractivity contribution >= 4 is 46.7 Å². The summed E-state index contributed by atoms with van der Waals surface area (Å²) in [6.07, 6.45) is 4.10. The van der Waals surface area contributed by atoms with Crippen LogP contribution in [0.15, 0.2) is 22.2 Å². The van der Waals surface area contributed by atoms with Gasteiger partial charge in [-0.05, 0) is 42.9 Å². The molecule has 1 unspecified atom stereocenters. The van der Waals surface area contributed by atoms with Crippen LogP contribution < -0.4 is 21.5 Å². The molecule has 1 aromatic rings. The van der Waals surface area contributed by atoms with Crippen LogP contribution >= 0.6 is 23.5 Å². The number of Topliss-reactive ketones (excluding diaryl/α,β-unsaturated/α-hetero) is 1. The number of thioether (sulfide) groups is 2. The average Bonchev–Trinajstić information content (AvgIpc) is 3.32. The number of esters is 1. The van der Waals surface area contributed by atoms with Crippen molar-refractivity contribution in [3.8, 4) is 0 Å². The van der Waals surface area contributed by atoms with Crippen molar-refractivity contribution in [2.24, 2.45) is 34.0 Å². The van der Waals surface area contributed by atoms with Gasteiger partial charge in [-0.1, -0.05) is 33.8 Å². The van der Waals surface area contributed by atoms with E-state index < -0.39 is 33.9 Å². The van der Waals surface area contributed by atoms with E-state index in [-0.39, 0.29) is 52.4 Å². The summed E-state index contributed by atoms with van der Waals surface area (Å²) in [6, 6.07) is -0.0214. The highest BCUT2D eigenvalue weighted by Gasteiger charge is 2.68. The minimum Gasteiger partial charge on any atom is -0.461 e. The molecule has 10 heteroatoms. The van der Waals surface area contributed by atoms with Gasteiger partial charge in [-0.3, -0.25) is 19.2 Å². The van der Waals surface area contributed by atoms with E-state index in [4.69, 9.17) is 10.5 Å². The van der Waals surface area contributed by atoms with Gasteiger partial charge in [0, 0.05) is 53.0 Å². The van der Waals surface area contributed by atoms with E-state index in [9.17, 15) is 24.3 Å². The Bertz CT molecular complexity index is 1290. The summed E-state index contributed by atoms with van der Waals surface area (Å²) >= 11 is 3.23. The molecule has 9 atom stereocenters. The van der Waals surface area contributed by atoms with Gasteiger partial charge in [0.15, 0.2) is 0 Å². The highest BCUT2D eigenvalue weighted by molar-refractivity contribution is 8.00. The molecule has 5 rings (SSSR count). The van der Waals surface area contributed by atoms with E-state index in [0.29, 0.717) is 30.8 Å². The second-order valence-corrected chi connectivity index (χ2v) is 15.6. The molecule has 2 bridgehead atoms. The number of ether oxygens (including phenoxy) is 1. The topological polar surface area (TPSA) is 127 Å². The number of hydrogen-bond donors (Lipinski definition) is 2. The Morgan fingerprint density at radius 1 is 1.24 bits per heavy atom. The fourth-order valence-electron chi connectivity index (χ4n) is 8.74. The summed E-state index contributed by atoms with van der Waals surface area (Å²) in [5.74, 6) is 2.09. The summed E-state index contributed by atoms with van der Waals surface area (Å²) < 4.78 is 6.35. The molecule has 0 aromatic heterocycles. The first-order valence-corrected chi connectivity index (χ1v) is 17.2. The number of anilines is 2. The van der Waals surface area contributed by atoms with Crippen LogP contribution in [-0.2, 0) is 14.3 Å². The maximum Gasteiger partial charge on any atom is 0.316 e. The standard InChI is InChI=1S/C31H44N2O6S2/c1-6-29(4)13-21(30(5)17(2)7-9-31(18(3)28(29)38)10-8-20(34)27(30)31)39-22(35)16-41-15-19-14-40-12-11-33(19)24-23(32)25(36)26(24)37/h6,17-19,21,27-28,38H,1,7-16,32H2,2-5H3/t17-,18+,19?,21-,27+,28+,29-,30+,31+/m1/s1. The molecular weight excluding hydrogens is 560 g/mol. The van der Waals surface area contributed by atoms with E-state index in [1.165, 1.54) is 11.8 Å². The normalized spacial score (nSPS) is 41.0. The quantitative estimate of drug-likeness (QED) is 0.272. The van der Waals surface area contributed by atoms with Gasteiger partial charge in [0.25, 0.3) is 10.9 Å². The van der Waals surface area contributed by atoms with E-state index >= 15 is 0 Å². The van der Waals surface area contributed by atoms with Crippen LogP contribution in [0.4, 0.5) is 11.4 Å². The first-order chi connectivity index (χ1) is 19.3. The van der Waals surface area contributed by atoms with Crippen LogP contribution in [0.5, 0.6) is 0 Å². The summed E-state index contributed by atoms with van der Waals surface area (Å²) in [4.78, 5) is 52.8. The number of carbonyl (C=O) groups excluding carboxylic acids is 2. The van der Waals surface area contributed by atoms with E-state index in [1.54, 1.807) is 11.8 Å².